The van der Waals surface area contributed by atoms with Crippen molar-refractivity contribution >= 4 is 10.9 Å². The van der Waals surface area contributed by atoms with Gasteiger partial charge in [-0.15, -0.1) is 0 Å². The molecule has 1 aliphatic carbocycles. The molecule has 1 aromatic heterocycles. The van der Waals surface area contributed by atoms with Crippen LogP contribution >= 0.6 is 0 Å². The zero-order valence-corrected chi connectivity index (χ0v) is 11.0. The highest BCUT2D eigenvalue weighted by molar-refractivity contribution is 5.84. The van der Waals surface area contributed by atoms with E-state index in [0.717, 1.165) is 29.3 Å². The highest BCUT2D eigenvalue weighted by Gasteiger charge is 2.19. The van der Waals surface area contributed by atoms with Crippen molar-refractivity contribution in [1.29, 1.82) is 0 Å². The lowest BCUT2D eigenvalue weighted by Gasteiger charge is -2.13. The molecule has 1 aromatic carbocycles. The molecule has 1 aliphatic rings. The lowest BCUT2D eigenvalue weighted by atomic mass is 9.96. The topological polar surface area (TPSA) is 33.1 Å². The molecule has 0 saturated heterocycles. The van der Waals surface area contributed by atoms with Crippen LogP contribution in [0.25, 0.3) is 10.9 Å². The molecule has 2 heteroatoms. The fourth-order valence-electron chi connectivity index (χ4n) is 2.92. The minimum Gasteiger partial charge on any atom is -0.392 e. The van der Waals surface area contributed by atoms with Gasteiger partial charge in [0.2, 0.25) is 0 Å². The van der Waals surface area contributed by atoms with E-state index in [1.807, 2.05) is 0 Å². The number of pyridine rings is 1. The van der Waals surface area contributed by atoms with Gasteiger partial charge in [-0.05, 0) is 54.0 Å². The van der Waals surface area contributed by atoms with E-state index in [9.17, 15) is 5.11 Å². The minimum atomic E-state index is 0.128. The lowest BCUT2D eigenvalue weighted by Crippen LogP contribution is -2.00. The van der Waals surface area contributed by atoms with Crippen molar-refractivity contribution < 1.29 is 5.11 Å². The molecule has 2 aromatic rings. The Labute approximate surface area is 108 Å². The first-order valence-corrected chi connectivity index (χ1v) is 6.76. The van der Waals surface area contributed by atoms with E-state index >= 15 is 0 Å². The molecule has 0 aliphatic heterocycles. The van der Waals surface area contributed by atoms with Crippen molar-refractivity contribution in [3.05, 3.63) is 40.6 Å². The molecule has 0 bridgehead atoms. The predicted octanol–water partition coefficient (Wildman–Crippen LogP) is 3.34. The third-order valence-electron chi connectivity index (χ3n) is 3.98. The second-order valence-corrected chi connectivity index (χ2v) is 5.46. The van der Waals surface area contributed by atoms with Crippen molar-refractivity contribution in [3.8, 4) is 0 Å². The zero-order valence-electron chi connectivity index (χ0n) is 11.0. The first-order chi connectivity index (χ1) is 8.70. The number of aliphatic hydroxyl groups excluding tert-OH is 1. The Kier molecular flexibility index (Phi) is 2.83. The fraction of sp³-hybridized carbons (Fsp3) is 0.438. The SMILES string of the molecule is CC(C)c1ccc2nc3c(c(CO)c2c1)CCC3. The van der Waals surface area contributed by atoms with Gasteiger partial charge in [-0.1, -0.05) is 19.9 Å². The molecule has 0 saturated carbocycles. The summed E-state index contributed by atoms with van der Waals surface area (Å²) in [5, 5.41) is 10.8. The smallest absolute Gasteiger partial charge is 0.0709 e. The van der Waals surface area contributed by atoms with E-state index in [2.05, 4.69) is 32.0 Å². The highest BCUT2D eigenvalue weighted by Crippen LogP contribution is 2.31. The zero-order chi connectivity index (χ0) is 12.7. The molecular weight excluding hydrogens is 222 g/mol. The predicted molar refractivity (Wildman–Crippen MR) is 73.8 cm³/mol. The summed E-state index contributed by atoms with van der Waals surface area (Å²) < 4.78 is 0. The monoisotopic (exact) mass is 241 g/mol. The molecule has 0 radical (unpaired) electrons. The molecular formula is C16H19NO. The van der Waals surface area contributed by atoms with Crippen LogP contribution in [-0.2, 0) is 19.4 Å². The normalized spacial score (nSPS) is 14.4. The first-order valence-electron chi connectivity index (χ1n) is 6.76. The van der Waals surface area contributed by atoms with Crippen LogP contribution in [0.5, 0.6) is 0 Å². The maximum atomic E-state index is 9.70. The van der Waals surface area contributed by atoms with E-state index in [1.54, 1.807) is 0 Å². The lowest BCUT2D eigenvalue weighted by molar-refractivity contribution is 0.282. The number of hydrogen-bond donors (Lipinski definition) is 1. The third-order valence-corrected chi connectivity index (χ3v) is 3.98. The Hall–Kier alpha value is -1.41. The van der Waals surface area contributed by atoms with Crippen LogP contribution in [0.2, 0.25) is 0 Å². The average molecular weight is 241 g/mol. The van der Waals surface area contributed by atoms with Gasteiger partial charge in [0.05, 0.1) is 12.1 Å². The molecule has 0 unspecified atom stereocenters. The van der Waals surface area contributed by atoms with Gasteiger partial charge in [-0.3, -0.25) is 4.98 Å². The Morgan fingerprint density at radius 1 is 1.28 bits per heavy atom. The quantitative estimate of drug-likeness (QED) is 0.874. The summed E-state index contributed by atoms with van der Waals surface area (Å²) in [5.41, 5.74) is 5.95. The molecule has 18 heavy (non-hydrogen) atoms. The van der Waals surface area contributed by atoms with Crippen LogP contribution in [-0.4, -0.2) is 10.1 Å². The molecule has 1 heterocycles. The number of rotatable bonds is 2. The number of fused-ring (bicyclic) bond motifs is 2. The molecule has 3 rings (SSSR count). The van der Waals surface area contributed by atoms with Gasteiger partial charge in [-0.25, -0.2) is 0 Å². The van der Waals surface area contributed by atoms with Crippen molar-refractivity contribution in [2.75, 3.05) is 0 Å². The van der Waals surface area contributed by atoms with Crippen LogP contribution in [0.15, 0.2) is 18.2 Å². The van der Waals surface area contributed by atoms with E-state index in [0.29, 0.717) is 5.92 Å². The van der Waals surface area contributed by atoms with Crippen molar-refractivity contribution in [2.24, 2.45) is 0 Å². The van der Waals surface area contributed by atoms with E-state index in [4.69, 9.17) is 4.98 Å². The number of hydrogen-bond acceptors (Lipinski definition) is 2. The van der Waals surface area contributed by atoms with Crippen LogP contribution < -0.4 is 0 Å². The van der Waals surface area contributed by atoms with Crippen LogP contribution in [0.4, 0.5) is 0 Å². The Morgan fingerprint density at radius 3 is 2.83 bits per heavy atom. The van der Waals surface area contributed by atoms with Gasteiger partial charge in [-0.2, -0.15) is 0 Å². The Morgan fingerprint density at radius 2 is 2.11 bits per heavy atom. The number of aryl methyl sites for hydroxylation is 1. The maximum Gasteiger partial charge on any atom is 0.0709 e. The van der Waals surface area contributed by atoms with E-state index < -0.39 is 0 Å². The fourth-order valence-corrected chi connectivity index (χ4v) is 2.92. The molecule has 0 amide bonds. The number of benzene rings is 1. The van der Waals surface area contributed by atoms with Crippen molar-refractivity contribution in [3.63, 3.8) is 0 Å². The summed E-state index contributed by atoms with van der Waals surface area (Å²) in [6.07, 6.45) is 3.30. The molecule has 1 N–H and O–H groups in total. The van der Waals surface area contributed by atoms with Crippen molar-refractivity contribution in [2.45, 2.75) is 45.6 Å². The van der Waals surface area contributed by atoms with Crippen LogP contribution in [0.1, 0.15) is 48.6 Å². The van der Waals surface area contributed by atoms with Crippen molar-refractivity contribution in [1.82, 2.24) is 4.98 Å². The van der Waals surface area contributed by atoms with Gasteiger partial charge >= 0.3 is 0 Å². The molecule has 0 spiro atoms. The highest BCUT2D eigenvalue weighted by atomic mass is 16.3. The van der Waals surface area contributed by atoms with Crippen LogP contribution in [0.3, 0.4) is 0 Å². The summed E-state index contributed by atoms with van der Waals surface area (Å²) in [6.45, 7) is 4.52. The van der Waals surface area contributed by atoms with Gasteiger partial charge in [0.1, 0.15) is 0 Å². The van der Waals surface area contributed by atoms with E-state index in [-0.39, 0.29) is 6.61 Å². The average Bonchev–Trinajstić information content (AvgIpc) is 2.82. The number of aromatic nitrogens is 1. The Balaban J connectivity index is 2.30. The first kappa shape index (κ1) is 11.7. The van der Waals surface area contributed by atoms with Gasteiger partial charge in [0, 0.05) is 11.1 Å². The summed E-state index contributed by atoms with van der Waals surface area (Å²) in [7, 11) is 0. The molecule has 2 nitrogen and oxygen atoms in total. The van der Waals surface area contributed by atoms with Gasteiger partial charge in [0.15, 0.2) is 0 Å². The third kappa shape index (κ3) is 1.72. The Bertz CT molecular complexity index is 602. The summed E-state index contributed by atoms with van der Waals surface area (Å²) in [6, 6.07) is 6.46. The minimum absolute atomic E-state index is 0.128. The number of aliphatic hydroxyl groups is 1. The number of nitrogens with zero attached hydrogens (tertiary/aromatic N) is 1. The van der Waals surface area contributed by atoms with Gasteiger partial charge in [0.25, 0.3) is 0 Å². The molecule has 0 fully saturated rings. The standard InChI is InChI=1S/C16H19NO/c1-10(2)11-6-7-16-13(8-11)14(9-18)12-4-3-5-15(12)17-16/h6-8,10,18H,3-5,9H2,1-2H3. The van der Waals surface area contributed by atoms with E-state index in [1.165, 1.54) is 23.2 Å². The largest absolute Gasteiger partial charge is 0.392 e. The molecule has 0 atom stereocenters. The maximum absolute atomic E-state index is 9.70. The molecule has 94 valence electrons. The van der Waals surface area contributed by atoms with Gasteiger partial charge < -0.3 is 5.11 Å². The second-order valence-electron chi connectivity index (χ2n) is 5.46. The summed E-state index contributed by atoms with van der Waals surface area (Å²) >= 11 is 0. The second kappa shape index (κ2) is 4.36. The summed E-state index contributed by atoms with van der Waals surface area (Å²) in [4.78, 5) is 4.75. The summed E-state index contributed by atoms with van der Waals surface area (Å²) in [5.74, 6) is 0.509. The van der Waals surface area contributed by atoms with Crippen LogP contribution in [0, 0.1) is 0 Å².